The number of benzene rings is 1. The number of rotatable bonds is 4. The maximum absolute atomic E-state index is 13.1. The molecule has 1 atom stereocenters. The van der Waals surface area contributed by atoms with E-state index in [0.29, 0.717) is 23.7 Å². The molecule has 5 heteroatoms. The number of hydrogen-bond acceptors (Lipinski definition) is 3. The fourth-order valence-electron chi connectivity index (χ4n) is 1.68. The zero-order valence-corrected chi connectivity index (χ0v) is 10.8. The Kier molecular flexibility index (Phi) is 4.04. The molecule has 2 N–H and O–H groups in total. The third-order valence-electron chi connectivity index (χ3n) is 2.76. The molecule has 0 aliphatic heterocycles. The third kappa shape index (κ3) is 2.73. The first-order chi connectivity index (χ1) is 8.61. The standard InChI is InChI=1S/C13H14F2N2S/c1-8(4-5-16)13-17-12(7-18-13)9-2-3-10(14)11(15)6-9/h2-3,6-8H,4-5,16H2,1H3. The lowest BCUT2D eigenvalue weighted by Gasteiger charge is -2.04. The molecule has 0 aliphatic carbocycles. The van der Waals surface area contributed by atoms with E-state index in [9.17, 15) is 8.78 Å². The first-order valence-corrected chi connectivity index (χ1v) is 6.60. The van der Waals surface area contributed by atoms with E-state index < -0.39 is 11.6 Å². The van der Waals surface area contributed by atoms with Crippen LogP contribution in [0.5, 0.6) is 0 Å². The van der Waals surface area contributed by atoms with Gasteiger partial charge in [0.15, 0.2) is 11.6 Å². The van der Waals surface area contributed by atoms with Gasteiger partial charge in [-0.2, -0.15) is 0 Å². The normalized spacial score (nSPS) is 12.7. The van der Waals surface area contributed by atoms with Crippen LogP contribution in [0, 0.1) is 11.6 Å². The first-order valence-electron chi connectivity index (χ1n) is 5.72. The van der Waals surface area contributed by atoms with Crippen LogP contribution in [0.25, 0.3) is 11.3 Å². The lowest BCUT2D eigenvalue weighted by atomic mass is 10.1. The van der Waals surface area contributed by atoms with Gasteiger partial charge < -0.3 is 5.73 Å². The van der Waals surface area contributed by atoms with Gasteiger partial charge in [-0.15, -0.1) is 11.3 Å². The first kappa shape index (κ1) is 13.1. The van der Waals surface area contributed by atoms with Crippen LogP contribution in [0.15, 0.2) is 23.6 Å². The molecule has 2 aromatic rings. The highest BCUT2D eigenvalue weighted by Crippen LogP contribution is 2.28. The molecule has 0 saturated heterocycles. The second kappa shape index (κ2) is 5.54. The molecule has 0 saturated carbocycles. The number of nitrogens with two attached hydrogens (primary N) is 1. The quantitative estimate of drug-likeness (QED) is 0.921. The summed E-state index contributed by atoms with van der Waals surface area (Å²) in [5.74, 6) is -1.40. The molecule has 2 nitrogen and oxygen atoms in total. The third-order valence-corrected chi connectivity index (χ3v) is 3.83. The Morgan fingerprint density at radius 1 is 1.33 bits per heavy atom. The number of hydrogen-bond donors (Lipinski definition) is 1. The van der Waals surface area contributed by atoms with Gasteiger partial charge in [-0.3, -0.25) is 0 Å². The highest BCUT2D eigenvalue weighted by molar-refractivity contribution is 7.10. The van der Waals surface area contributed by atoms with E-state index in [1.807, 2.05) is 5.38 Å². The maximum atomic E-state index is 13.1. The molecular weight excluding hydrogens is 254 g/mol. The Bertz CT molecular complexity index is 540. The Hall–Kier alpha value is -1.33. The van der Waals surface area contributed by atoms with Crippen LogP contribution in [0.4, 0.5) is 8.78 Å². The number of thiazole rings is 1. The van der Waals surface area contributed by atoms with Gasteiger partial charge in [-0.05, 0) is 31.2 Å². The van der Waals surface area contributed by atoms with E-state index >= 15 is 0 Å². The van der Waals surface area contributed by atoms with Crippen molar-refractivity contribution in [3.8, 4) is 11.3 Å². The SMILES string of the molecule is CC(CCN)c1nc(-c2ccc(F)c(F)c2)cs1. The van der Waals surface area contributed by atoms with Crippen molar-refractivity contribution in [2.45, 2.75) is 19.3 Å². The average Bonchev–Trinajstić information content (AvgIpc) is 2.82. The lowest BCUT2D eigenvalue weighted by Crippen LogP contribution is -2.04. The Labute approximate surface area is 108 Å². The lowest BCUT2D eigenvalue weighted by molar-refractivity contribution is 0.509. The summed E-state index contributed by atoms with van der Waals surface area (Å²) in [7, 11) is 0. The second-order valence-electron chi connectivity index (χ2n) is 4.18. The molecule has 1 heterocycles. The molecule has 0 radical (unpaired) electrons. The topological polar surface area (TPSA) is 38.9 Å². The van der Waals surface area contributed by atoms with Crippen molar-refractivity contribution < 1.29 is 8.78 Å². The smallest absolute Gasteiger partial charge is 0.159 e. The maximum Gasteiger partial charge on any atom is 0.159 e. The molecule has 1 aromatic carbocycles. The van der Waals surface area contributed by atoms with Crippen LogP contribution in [0.2, 0.25) is 0 Å². The van der Waals surface area contributed by atoms with E-state index in [4.69, 9.17) is 5.73 Å². The largest absolute Gasteiger partial charge is 0.330 e. The van der Waals surface area contributed by atoms with Gasteiger partial charge in [0, 0.05) is 16.9 Å². The Morgan fingerprint density at radius 2 is 2.11 bits per heavy atom. The van der Waals surface area contributed by atoms with Gasteiger partial charge >= 0.3 is 0 Å². The highest BCUT2D eigenvalue weighted by Gasteiger charge is 2.12. The minimum absolute atomic E-state index is 0.291. The van der Waals surface area contributed by atoms with E-state index in [2.05, 4.69) is 11.9 Å². The van der Waals surface area contributed by atoms with Crippen LogP contribution in [-0.2, 0) is 0 Å². The van der Waals surface area contributed by atoms with Crippen LogP contribution >= 0.6 is 11.3 Å². The van der Waals surface area contributed by atoms with Gasteiger partial charge in [-0.25, -0.2) is 13.8 Å². The van der Waals surface area contributed by atoms with Crippen LogP contribution in [-0.4, -0.2) is 11.5 Å². The zero-order chi connectivity index (χ0) is 13.1. The Balaban J connectivity index is 2.26. The van der Waals surface area contributed by atoms with Gasteiger partial charge in [0.2, 0.25) is 0 Å². The molecule has 0 spiro atoms. The summed E-state index contributed by atoms with van der Waals surface area (Å²) >= 11 is 1.52. The van der Waals surface area contributed by atoms with Crippen LogP contribution in [0.1, 0.15) is 24.3 Å². The molecule has 96 valence electrons. The van der Waals surface area contributed by atoms with Crippen molar-refractivity contribution in [3.63, 3.8) is 0 Å². The fourth-order valence-corrected chi connectivity index (χ4v) is 2.60. The number of halogens is 2. The van der Waals surface area contributed by atoms with E-state index in [1.165, 1.54) is 23.5 Å². The minimum Gasteiger partial charge on any atom is -0.330 e. The van der Waals surface area contributed by atoms with Crippen LogP contribution < -0.4 is 5.73 Å². The average molecular weight is 268 g/mol. The molecule has 0 fully saturated rings. The summed E-state index contributed by atoms with van der Waals surface area (Å²) in [6, 6.07) is 3.82. The van der Waals surface area contributed by atoms with Gasteiger partial charge in [0.1, 0.15) is 0 Å². The van der Waals surface area contributed by atoms with Crippen molar-refractivity contribution in [2.24, 2.45) is 5.73 Å². The van der Waals surface area contributed by atoms with E-state index in [-0.39, 0.29) is 0 Å². The van der Waals surface area contributed by atoms with Crippen molar-refractivity contribution >= 4 is 11.3 Å². The fraction of sp³-hybridized carbons (Fsp3) is 0.308. The highest BCUT2D eigenvalue weighted by atomic mass is 32.1. The molecule has 0 bridgehead atoms. The molecule has 18 heavy (non-hydrogen) atoms. The molecule has 0 amide bonds. The predicted octanol–water partition coefficient (Wildman–Crippen LogP) is 3.54. The summed E-state index contributed by atoms with van der Waals surface area (Å²) in [5.41, 5.74) is 6.78. The van der Waals surface area contributed by atoms with Gasteiger partial charge in [-0.1, -0.05) is 6.92 Å². The summed E-state index contributed by atoms with van der Waals surface area (Å²) < 4.78 is 26.0. The monoisotopic (exact) mass is 268 g/mol. The second-order valence-corrected chi connectivity index (χ2v) is 5.07. The molecular formula is C13H14F2N2S. The van der Waals surface area contributed by atoms with Crippen molar-refractivity contribution in [1.82, 2.24) is 4.98 Å². The summed E-state index contributed by atoms with van der Waals surface area (Å²) in [6.45, 7) is 2.67. The molecule has 1 unspecified atom stereocenters. The van der Waals surface area contributed by atoms with Gasteiger partial charge in [0.05, 0.1) is 10.7 Å². The summed E-state index contributed by atoms with van der Waals surface area (Å²) in [6.07, 6.45) is 0.866. The summed E-state index contributed by atoms with van der Waals surface area (Å²) in [4.78, 5) is 4.44. The molecule has 0 aliphatic rings. The van der Waals surface area contributed by atoms with Crippen LogP contribution in [0.3, 0.4) is 0 Å². The van der Waals surface area contributed by atoms with E-state index in [0.717, 1.165) is 17.5 Å². The zero-order valence-electron chi connectivity index (χ0n) is 9.99. The minimum atomic E-state index is -0.850. The summed E-state index contributed by atoms with van der Waals surface area (Å²) in [5, 5.41) is 2.83. The predicted molar refractivity (Wildman–Crippen MR) is 69.6 cm³/mol. The van der Waals surface area contributed by atoms with E-state index in [1.54, 1.807) is 0 Å². The van der Waals surface area contributed by atoms with Crippen molar-refractivity contribution in [3.05, 3.63) is 40.2 Å². The number of aromatic nitrogens is 1. The van der Waals surface area contributed by atoms with Gasteiger partial charge in [0.25, 0.3) is 0 Å². The number of nitrogens with zero attached hydrogens (tertiary/aromatic N) is 1. The van der Waals surface area contributed by atoms with Crippen molar-refractivity contribution in [2.75, 3.05) is 6.54 Å². The Morgan fingerprint density at radius 3 is 2.78 bits per heavy atom. The molecule has 2 rings (SSSR count). The van der Waals surface area contributed by atoms with Crippen molar-refractivity contribution in [1.29, 1.82) is 0 Å². The molecule has 1 aromatic heterocycles.